The molecule has 0 unspecified atom stereocenters. The van der Waals surface area contributed by atoms with Gasteiger partial charge in [0.25, 0.3) is 5.91 Å². The van der Waals surface area contributed by atoms with Crippen molar-refractivity contribution in [3.63, 3.8) is 0 Å². The number of aromatic nitrogens is 4. The number of hydrogen-bond donors (Lipinski definition) is 2. The highest BCUT2D eigenvalue weighted by Gasteiger charge is 2.24. The van der Waals surface area contributed by atoms with E-state index in [9.17, 15) is 14.7 Å². The minimum Gasteiger partial charge on any atom is -0.477 e. The molecule has 1 saturated carbocycles. The monoisotopic (exact) mass is 389 g/mol. The van der Waals surface area contributed by atoms with E-state index in [2.05, 4.69) is 20.3 Å². The molecule has 3 rings (SSSR count). The summed E-state index contributed by atoms with van der Waals surface area (Å²) in [7, 11) is 1.64. The van der Waals surface area contributed by atoms with Crippen LogP contribution in [0.1, 0.15) is 46.7 Å². The Morgan fingerprint density at radius 1 is 1.21 bits per heavy atom. The number of aromatic carboxylic acids is 1. The molecule has 0 atom stereocenters. The molecule has 0 radical (unpaired) electrons. The molecule has 2 heterocycles. The number of carbonyl (C=O) groups excluding carboxylic acids is 1. The number of methoxy groups -OCH3 is 1. The van der Waals surface area contributed by atoms with Gasteiger partial charge < -0.3 is 19.9 Å². The molecule has 10 heteroatoms. The van der Waals surface area contributed by atoms with E-state index in [0.29, 0.717) is 13.2 Å². The van der Waals surface area contributed by atoms with Crippen LogP contribution in [0.3, 0.4) is 0 Å². The third-order valence-corrected chi connectivity index (χ3v) is 4.55. The lowest BCUT2D eigenvalue weighted by atomic mass is 9.93. The molecule has 1 fully saturated rings. The lowest BCUT2D eigenvalue weighted by Crippen LogP contribution is -2.39. The second-order valence-corrected chi connectivity index (χ2v) is 6.52. The Labute approximate surface area is 161 Å². The highest BCUT2D eigenvalue weighted by molar-refractivity contribution is 5.95. The molecule has 150 valence electrons. The number of amides is 1. The van der Waals surface area contributed by atoms with Gasteiger partial charge in [0.2, 0.25) is 5.95 Å². The number of imidazole rings is 1. The smallest absolute Gasteiger partial charge is 0.354 e. The van der Waals surface area contributed by atoms with Gasteiger partial charge in [-0.3, -0.25) is 9.36 Å². The normalized spacial score (nSPS) is 19.3. The lowest BCUT2D eigenvalue weighted by Gasteiger charge is -2.29. The summed E-state index contributed by atoms with van der Waals surface area (Å²) in [5.41, 5.74) is -0.242. The number of hydrogen-bond acceptors (Lipinski definition) is 7. The fourth-order valence-corrected chi connectivity index (χ4v) is 3.08. The largest absolute Gasteiger partial charge is 0.477 e. The summed E-state index contributed by atoms with van der Waals surface area (Å²) in [6.45, 7) is 1.13. The van der Waals surface area contributed by atoms with Crippen molar-refractivity contribution in [3.05, 3.63) is 36.2 Å². The van der Waals surface area contributed by atoms with Gasteiger partial charge in [-0.05, 0) is 25.7 Å². The van der Waals surface area contributed by atoms with Crippen LogP contribution in [0.25, 0.3) is 5.95 Å². The average molecular weight is 389 g/mol. The molecule has 2 N–H and O–H groups in total. The first-order valence-electron chi connectivity index (χ1n) is 9.09. The number of carbonyl (C=O) groups is 2. The topological polar surface area (TPSA) is 128 Å². The van der Waals surface area contributed by atoms with Crippen LogP contribution in [0.4, 0.5) is 0 Å². The Morgan fingerprint density at radius 2 is 1.96 bits per heavy atom. The second kappa shape index (κ2) is 9.38. The van der Waals surface area contributed by atoms with E-state index in [1.807, 2.05) is 0 Å². The van der Waals surface area contributed by atoms with Crippen LogP contribution in [0, 0.1) is 0 Å². The maximum atomic E-state index is 12.6. The summed E-state index contributed by atoms with van der Waals surface area (Å²) in [4.78, 5) is 36.0. The predicted octanol–water partition coefficient (Wildman–Crippen LogP) is 1.06. The Kier molecular flexibility index (Phi) is 6.66. The van der Waals surface area contributed by atoms with Gasteiger partial charge in [-0.25, -0.2) is 19.7 Å². The van der Waals surface area contributed by atoms with Crippen molar-refractivity contribution in [2.75, 3.05) is 20.3 Å². The highest BCUT2D eigenvalue weighted by Crippen LogP contribution is 2.21. The van der Waals surface area contributed by atoms with Crippen LogP contribution in [-0.4, -0.2) is 69.0 Å². The minimum atomic E-state index is -1.23. The molecular formula is C18H23N5O5. The van der Waals surface area contributed by atoms with Crippen LogP contribution >= 0.6 is 0 Å². The van der Waals surface area contributed by atoms with E-state index in [-0.39, 0.29) is 29.5 Å². The maximum absolute atomic E-state index is 12.6. The fraction of sp³-hybridized carbons (Fsp3) is 0.500. The van der Waals surface area contributed by atoms with Gasteiger partial charge in [-0.1, -0.05) is 0 Å². The first-order chi connectivity index (χ1) is 13.6. The zero-order valence-electron chi connectivity index (χ0n) is 15.6. The third kappa shape index (κ3) is 5.11. The van der Waals surface area contributed by atoms with Crippen molar-refractivity contribution in [1.29, 1.82) is 0 Å². The van der Waals surface area contributed by atoms with Crippen molar-refractivity contribution >= 4 is 11.9 Å². The Hall–Kier alpha value is -2.85. The number of nitrogens with zero attached hydrogens (tertiary/aromatic N) is 4. The number of rotatable bonds is 8. The lowest BCUT2D eigenvalue weighted by molar-refractivity contribution is -0.00409. The molecule has 2 aromatic heterocycles. The van der Waals surface area contributed by atoms with Crippen LogP contribution in [0.5, 0.6) is 0 Å². The quantitative estimate of drug-likeness (QED) is 0.642. The molecule has 1 amide bonds. The Bertz CT molecular complexity index is 803. The molecular weight excluding hydrogens is 366 g/mol. The molecule has 0 bridgehead atoms. The van der Waals surface area contributed by atoms with Gasteiger partial charge in [0.15, 0.2) is 5.69 Å². The zero-order valence-corrected chi connectivity index (χ0v) is 15.6. The summed E-state index contributed by atoms with van der Waals surface area (Å²) >= 11 is 0. The van der Waals surface area contributed by atoms with Gasteiger partial charge in [-0.15, -0.1) is 0 Å². The maximum Gasteiger partial charge on any atom is 0.354 e. The molecule has 1 aliphatic rings. The predicted molar refractivity (Wildman–Crippen MR) is 97.5 cm³/mol. The first kappa shape index (κ1) is 19.9. The summed E-state index contributed by atoms with van der Waals surface area (Å²) in [5, 5.41) is 12.2. The molecule has 28 heavy (non-hydrogen) atoms. The van der Waals surface area contributed by atoms with Crippen LogP contribution in [0.2, 0.25) is 0 Å². The number of carboxylic acids is 1. The molecule has 2 aromatic rings. The first-order valence-corrected chi connectivity index (χ1v) is 9.09. The average Bonchev–Trinajstić information content (AvgIpc) is 3.24. The SMILES string of the molecule is COCCOC1CCC(NC(=O)c2cc(C(=O)O)nc(-n3ccnc3)n2)CC1. The second-order valence-electron chi connectivity index (χ2n) is 6.52. The molecule has 10 nitrogen and oxygen atoms in total. The van der Waals surface area contributed by atoms with E-state index in [1.165, 1.54) is 23.2 Å². The summed E-state index contributed by atoms with van der Waals surface area (Å²) in [6.07, 6.45) is 7.97. The standard InChI is InChI=1S/C18H23N5O5/c1-27-8-9-28-13-4-2-12(3-5-13)20-16(24)14-10-15(17(25)26)22-18(21-14)23-7-6-19-11-23/h6-7,10-13H,2-5,8-9H2,1H3,(H,20,24)(H,25,26). The van der Waals surface area contributed by atoms with Gasteiger partial charge in [0.05, 0.1) is 19.3 Å². The van der Waals surface area contributed by atoms with Crippen LogP contribution < -0.4 is 5.32 Å². The molecule has 1 aliphatic carbocycles. The van der Waals surface area contributed by atoms with Crippen molar-refractivity contribution in [2.24, 2.45) is 0 Å². The highest BCUT2D eigenvalue weighted by atomic mass is 16.5. The summed E-state index contributed by atoms with van der Waals surface area (Å²) < 4.78 is 12.2. The fourth-order valence-electron chi connectivity index (χ4n) is 3.08. The van der Waals surface area contributed by atoms with Crippen molar-refractivity contribution in [3.8, 4) is 5.95 Å². The molecule has 0 aromatic carbocycles. The molecule has 0 saturated heterocycles. The summed E-state index contributed by atoms with van der Waals surface area (Å²) in [6, 6.07) is 1.17. The Balaban J connectivity index is 1.64. The zero-order chi connectivity index (χ0) is 19.9. The van der Waals surface area contributed by atoms with Crippen LogP contribution in [0.15, 0.2) is 24.8 Å². The van der Waals surface area contributed by atoms with Crippen LogP contribution in [-0.2, 0) is 9.47 Å². The molecule has 0 spiro atoms. The molecule has 0 aliphatic heterocycles. The van der Waals surface area contributed by atoms with E-state index in [0.717, 1.165) is 25.7 Å². The Morgan fingerprint density at radius 3 is 2.61 bits per heavy atom. The minimum absolute atomic E-state index is 0.00489. The van der Waals surface area contributed by atoms with Crippen molar-refractivity contribution in [1.82, 2.24) is 24.8 Å². The van der Waals surface area contributed by atoms with Crippen molar-refractivity contribution in [2.45, 2.75) is 37.8 Å². The number of carboxylic acid groups (broad SMARTS) is 1. The van der Waals surface area contributed by atoms with E-state index < -0.39 is 11.9 Å². The number of ether oxygens (including phenoxy) is 2. The van der Waals surface area contributed by atoms with Gasteiger partial charge in [0, 0.05) is 31.6 Å². The van der Waals surface area contributed by atoms with Gasteiger partial charge >= 0.3 is 5.97 Å². The third-order valence-electron chi connectivity index (χ3n) is 4.55. The van der Waals surface area contributed by atoms with Gasteiger partial charge in [0.1, 0.15) is 12.0 Å². The van der Waals surface area contributed by atoms with Gasteiger partial charge in [-0.2, -0.15) is 0 Å². The summed E-state index contributed by atoms with van der Waals surface area (Å²) in [5.74, 6) is -1.57. The van der Waals surface area contributed by atoms with E-state index in [1.54, 1.807) is 13.3 Å². The van der Waals surface area contributed by atoms with E-state index >= 15 is 0 Å². The van der Waals surface area contributed by atoms with E-state index in [4.69, 9.17) is 9.47 Å². The van der Waals surface area contributed by atoms with Crippen molar-refractivity contribution < 1.29 is 24.2 Å². The number of nitrogens with one attached hydrogen (secondary N) is 1.